The Hall–Kier alpha value is -6.05. The maximum atomic E-state index is 13.8. The van der Waals surface area contributed by atoms with Crippen LogP contribution in [0, 0.1) is 11.3 Å². The number of pyridine rings is 1. The molecule has 10 heteroatoms. The number of fused-ring (bicyclic) bond motifs is 1. The normalized spacial score (nSPS) is 18.8. The molecule has 1 fully saturated rings. The molecule has 1 aliphatic rings. The molecular formula is C36H26N2O8. The van der Waals surface area contributed by atoms with Crippen LogP contribution in [0.1, 0.15) is 42.9 Å². The second-order valence-corrected chi connectivity index (χ2v) is 10.4. The van der Waals surface area contributed by atoms with Gasteiger partial charge in [-0.15, -0.1) is 0 Å². The van der Waals surface area contributed by atoms with E-state index in [1.807, 2.05) is 6.07 Å². The zero-order valence-electron chi connectivity index (χ0n) is 24.2. The molecule has 0 aliphatic carbocycles. The van der Waals surface area contributed by atoms with Crippen LogP contribution in [0.3, 0.4) is 0 Å². The molecule has 0 bridgehead atoms. The predicted octanol–water partition coefficient (Wildman–Crippen LogP) is 5.08. The molecule has 1 saturated heterocycles. The Bertz CT molecular complexity index is 1990. The third kappa shape index (κ3) is 6.26. The van der Waals surface area contributed by atoms with Gasteiger partial charge in [0, 0.05) is 11.6 Å². The Kier molecular flexibility index (Phi) is 8.67. The van der Waals surface area contributed by atoms with Crippen molar-refractivity contribution in [1.29, 1.82) is 5.26 Å². The molecular weight excluding hydrogens is 588 g/mol. The standard InChI is InChI=1S/C36H26N2O8/c37-21-23-16-17-24-18-19-38(32(39)28(24)20-23)33-31(46-36(42)27-14-8-3-9-15-27)30(45-35(41)26-12-6-2-7-13-26)29(44-33)22-43-34(40)25-10-4-1-5-11-25/h1-20,29-31,33H,22H2/t29-,30+,31-,33-/m1/s1. The fourth-order valence-electron chi connectivity index (χ4n) is 5.21. The summed E-state index contributed by atoms with van der Waals surface area (Å²) in [7, 11) is 0. The maximum Gasteiger partial charge on any atom is 0.338 e. The molecule has 228 valence electrons. The van der Waals surface area contributed by atoms with Crippen molar-refractivity contribution in [3.8, 4) is 6.07 Å². The highest BCUT2D eigenvalue weighted by Gasteiger charge is 2.51. The van der Waals surface area contributed by atoms with Crippen LogP contribution in [0.25, 0.3) is 10.8 Å². The molecule has 0 saturated carbocycles. The molecule has 0 radical (unpaired) electrons. The monoisotopic (exact) mass is 614 g/mol. The van der Waals surface area contributed by atoms with E-state index in [9.17, 15) is 24.4 Å². The van der Waals surface area contributed by atoms with Gasteiger partial charge in [0.15, 0.2) is 18.4 Å². The second kappa shape index (κ2) is 13.3. The number of ether oxygens (including phenoxy) is 4. The molecule has 4 atom stereocenters. The van der Waals surface area contributed by atoms with Crippen LogP contribution in [0.2, 0.25) is 0 Å². The Labute approximate surface area is 262 Å². The summed E-state index contributed by atoms with van der Waals surface area (Å²) < 4.78 is 24.9. The molecule has 0 unspecified atom stereocenters. The minimum absolute atomic E-state index is 0.220. The molecule has 0 amide bonds. The summed E-state index contributed by atoms with van der Waals surface area (Å²) in [5.74, 6) is -2.13. The number of carbonyl (C=O) groups is 3. The number of hydrogen-bond acceptors (Lipinski definition) is 9. The first-order valence-corrected chi connectivity index (χ1v) is 14.4. The molecule has 5 aromatic rings. The van der Waals surface area contributed by atoms with Crippen LogP contribution in [-0.4, -0.2) is 47.4 Å². The smallest absolute Gasteiger partial charge is 0.338 e. The lowest BCUT2D eigenvalue weighted by molar-refractivity contribution is -0.0632. The average Bonchev–Trinajstić information content (AvgIpc) is 3.43. The van der Waals surface area contributed by atoms with Crippen molar-refractivity contribution in [2.75, 3.05) is 6.61 Å². The lowest BCUT2D eigenvalue weighted by Crippen LogP contribution is -2.42. The summed E-state index contributed by atoms with van der Waals surface area (Å²) in [4.78, 5) is 53.4. The third-order valence-corrected chi connectivity index (χ3v) is 7.52. The first-order chi connectivity index (χ1) is 22.4. The predicted molar refractivity (Wildman–Crippen MR) is 165 cm³/mol. The summed E-state index contributed by atoms with van der Waals surface area (Å²) in [6.07, 6.45) is -3.63. The van der Waals surface area contributed by atoms with E-state index in [-0.39, 0.29) is 22.1 Å². The topological polar surface area (TPSA) is 134 Å². The van der Waals surface area contributed by atoms with E-state index in [2.05, 4.69) is 0 Å². The van der Waals surface area contributed by atoms with E-state index in [1.165, 1.54) is 16.8 Å². The number of carbonyl (C=O) groups excluding carboxylic acids is 3. The molecule has 46 heavy (non-hydrogen) atoms. The molecule has 1 aliphatic heterocycles. The Morgan fingerprint density at radius 1 is 0.717 bits per heavy atom. The first-order valence-electron chi connectivity index (χ1n) is 14.4. The van der Waals surface area contributed by atoms with Gasteiger partial charge in [0.25, 0.3) is 5.56 Å². The lowest BCUT2D eigenvalue weighted by atomic mass is 10.1. The van der Waals surface area contributed by atoms with Crippen molar-refractivity contribution in [2.45, 2.75) is 24.5 Å². The molecule has 1 aromatic heterocycles. The molecule has 0 N–H and O–H groups in total. The summed E-state index contributed by atoms with van der Waals surface area (Å²) in [5, 5.41) is 10.2. The Morgan fingerprint density at radius 2 is 1.26 bits per heavy atom. The highest BCUT2D eigenvalue weighted by Crippen LogP contribution is 2.35. The van der Waals surface area contributed by atoms with Gasteiger partial charge in [-0.1, -0.05) is 60.7 Å². The van der Waals surface area contributed by atoms with Crippen molar-refractivity contribution in [3.63, 3.8) is 0 Å². The van der Waals surface area contributed by atoms with E-state index < -0.39 is 54.6 Å². The summed E-state index contributed by atoms with van der Waals surface area (Å²) in [6, 6.07) is 33.1. The van der Waals surface area contributed by atoms with Crippen LogP contribution in [0.4, 0.5) is 0 Å². The summed E-state index contributed by atoms with van der Waals surface area (Å²) >= 11 is 0. The second-order valence-electron chi connectivity index (χ2n) is 10.4. The largest absolute Gasteiger partial charge is 0.459 e. The van der Waals surface area contributed by atoms with Crippen LogP contribution in [0.15, 0.2) is 126 Å². The summed E-state index contributed by atoms with van der Waals surface area (Å²) in [5.41, 5.74) is 0.488. The number of rotatable bonds is 8. The van der Waals surface area contributed by atoms with E-state index in [1.54, 1.807) is 109 Å². The van der Waals surface area contributed by atoms with Crippen molar-refractivity contribution >= 4 is 28.7 Å². The zero-order valence-corrected chi connectivity index (χ0v) is 24.2. The number of nitrogens with zero attached hydrogens (tertiary/aromatic N) is 2. The van der Waals surface area contributed by atoms with Gasteiger partial charge in [-0.3, -0.25) is 9.36 Å². The molecule has 0 spiro atoms. The Balaban J connectivity index is 1.40. The van der Waals surface area contributed by atoms with Crippen molar-refractivity contribution in [2.24, 2.45) is 0 Å². The van der Waals surface area contributed by atoms with E-state index in [0.717, 1.165) is 0 Å². The van der Waals surface area contributed by atoms with Crippen molar-refractivity contribution in [3.05, 3.63) is 154 Å². The van der Waals surface area contributed by atoms with Crippen LogP contribution >= 0.6 is 0 Å². The van der Waals surface area contributed by atoms with Gasteiger partial charge in [0.1, 0.15) is 12.7 Å². The van der Waals surface area contributed by atoms with Crippen LogP contribution in [-0.2, 0) is 18.9 Å². The SMILES string of the molecule is N#Cc1ccc2ccn([C@@H]3O[C@H](COC(=O)c4ccccc4)[C@H](OC(=O)c4ccccc4)[C@H]3OC(=O)c3ccccc3)c(=O)c2c1. The van der Waals surface area contributed by atoms with E-state index >= 15 is 0 Å². The first kappa shape index (κ1) is 30.0. The van der Waals surface area contributed by atoms with Gasteiger partial charge in [-0.25, -0.2) is 14.4 Å². The number of benzene rings is 4. The minimum Gasteiger partial charge on any atom is -0.459 e. The number of nitriles is 1. The number of aromatic nitrogens is 1. The van der Waals surface area contributed by atoms with Crippen LogP contribution in [0.5, 0.6) is 0 Å². The van der Waals surface area contributed by atoms with Gasteiger partial charge in [-0.05, 0) is 60.0 Å². The summed E-state index contributed by atoms with van der Waals surface area (Å²) in [6.45, 7) is -0.392. The van der Waals surface area contributed by atoms with Gasteiger partial charge >= 0.3 is 17.9 Å². The average molecular weight is 615 g/mol. The quantitative estimate of drug-likeness (QED) is 0.173. The molecule has 6 rings (SSSR count). The van der Waals surface area contributed by atoms with E-state index in [4.69, 9.17) is 18.9 Å². The zero-order chi connectivity index (χ0) is 32.0. The number of hydrogen-bond donors (Lipinski definition) is 0. The van der Waals surface area contributed by atoms with Crippen molar-refractivity contribution < 1.29 is 33.3 Å². The Morgan fingerprint density at radius 3 is 1.83 bits per heavy atom. The molecule has 2 heterocycles. The van der Waals surface area contributed by atoms with Gasteiger partial charge < -0.3 is 18.9 Å². The maximum absolute atomic E-state index is 13.8. The third-order valence-electron chi connectivity index (χ3n) is 7.52. The molecule has 4 aromatic carbocycles. The van der Waals surface area contributed by atoms with Gasteiger partial charge in [0.2, 0.25) is 0 Å². The van der Waals surface area contributed by atoms with E-state index in [0.29, 0.717) is 10.9 Å². The molecule has 10 nitrogen and oxygen atoms in total. The lowest BCUT2D eigenvalue weighted by Gasteiger charge is -2.25. The fourth-order valence-corrected chi connectivity index (χ4v) is 5.21. The highest BCUT2D eigenvalue weighted by atomic mass is 16.7. The van der Waals surface area contributed by atoms with Gasteiger partial charge in [-0.2, -0.15) is 5.26 Å². The number of esters is 3. The van der Waals surface area contributed by atoms with Crippen LogP contribution < -0.4 is 5.56 Å². The van der Waals surface area contributed by atoms with Crippen molar-refractivity contribution in [1.82, 2.24) is 4.57 Å². The van der Waals surface area contributed by atoms with Gasteiger partial charge in [0.05, 0.1) is 28.3 Å². The fraction of sp³-hybridized carbons (Fsp3) is 0.139. The minimum atomic E-state index is -1.35. The highest BCUT2D eigenvalue weighted by molar-refractivity contribution is 5.91.